The van der Waals surface area contributed by atoms with E-state index in [9.17, 15) is 31.2 Å². The van der Waals surface area contributed by atoms with E-state index in [1.165, 1.54) is 51.9 Å². The van der Waals surface area contributed by atoms with Gasteiger partial charge in [0.15, 0.2) is 9.84 Å². The maximum Gasteiger partial charge on any atom is 0.415 e. The second kappa shape index (κ2) is 11.5. The third-order valence-electron chi connectivity index (χ3n) is 6.26. The Bertz CT molecular complexity index is 1460. The fraction of sp³-hybridized carbons (Fsp3) is 0.333. The molecule has 4 rings (SSSR count). The van der Waals surface area contributed by atoms with Crippen LogP contribution in [-0.4, -0.2) is 55.6 Å². The van der Waals surface area contributed by atoms with Crippen LogP contribution >= 0.6 is 0 Å². The number of rotatable bonds is 7. The van der Waals surface area contributed by atoms with E-state index in [0.717, 1.165) is 6.26 Å². The molecule has 0 spiro atoms. The number of aryl methyl sites for hydroxylation is 1. The van der Waals surface area contributed by atoms with Crippen molar-refractivity contribution in [1.29, 1.82) is 0 Å². The summed E-state index contributed by atoms with van der Waals surface area (Å²) >= 11 is 0. The van der Waals surface area contributed by atoms with Crippen LogP contribution in [-0.2, 0) is 16.3 Å². The average Bonchev–Trinajstić information content (AvgIpc) is 2.88. The van der Waals surface area contributed by atoms with Crippen LogP contribution in [0.4, 0.5) is 18.0 Å². The molecule has 12 heteroatoms. The second-order valence-electron chi connectivity index (χ2n) is 9.27. The summed E-state index contributed by atoms with van der Waals surface area (Å²) in [5.74, 6) is 0.635. The van der Waals surface area contributed by atoms with Crippen molar-refractivity contribution in [2.24, 2.45) is 0 Å². The van der Waals surface area contributed by atoms with Gasteiger partial charge in [-0.25, -0.2) is 13.2 Å². The Balaban J connectivity index is 1.27. The third kappa shape index (κ3) is 7.85. The highest BCUT2D eigenvalue weighted by atomic mass is 32.2. The van der Waals surface area contributed by atoms with Crippen molar-refractivity contribution in [2.45, 2.75) is 42.9 Å². The minimum atomic E-state index is -4.23. The Morgan fingerprint density at radius 2 is 1.62 bits per heavy atom. The van der Waals surface area contributed by atoms with Gasteiger partial charge >= 0.3 is 12.3 Å². The Labute approximate surface area is 223 Å². The van der Waals surface area contributed by atoms with E-state index in [1.54, 1.807) is 24.4 Å². The molecule has 2 heterocycles. The quantitative estimate of drug-likeness (QED) is 0.410. The number of benzene rings is 2. The van der Waals surface area contributed by atoms with Gasteiger partial charge in [0.2, 0.25) is 0 Å². The summed E-state index contributed by atoms with van der Waals surface area (Å²) in [5, 5.41) is 0. The number of hydrogen-bond donors (Lipinski definition) is 0. The van der Waals surface area contributed by atoms with Gasteiger partial charge in [-0.3, -0.25) is 9.36 Å². The Hall–Kier alpha value is -3.80. The van der Waals surface area contributed by atoms with Crippen molar-refractivity contribution in [3.05, 3.63) is 82.8 Å². The zero-order chi connectivity index (χ0) is 28.2. The molecule has 0 atom stereocenters. The monoisotopic (exact) mass is 564 g/mol. The number of sulfone groups is 1. The first-order valence-corrected chi connectivity index (χ1v) is 14.1. The first-order valence-electron chi connectivity index (χ1n) is 12.2. The molecule has 1 amide bonds. The third-order valence-corrected chi connectivity index (χ3v) is 7.39. The Kier molecular flexibility index (Phi) is 8.34. The number of carbonyl (C=O) groups is 1. The van der Waals surface area contributed by atoms with Crippen LogP contribution in [0, 0.1) is 0 Å². The number of ether oxygens (including phenoxy) is 2. The highest BCUT2D eigenvalue weighted by Gasteiger charge is 2.27. The van der Waals surface area contributed by atoms with E-state index < -0.39 is 28.5 Å². The van der Waals surface area contributed by atoms with Crippen molar-refractivity contribution in [2.75, 3.05) is 19.3 Å². The topological polar surface area (TPSA) is 94.9 Å². The van der Waals surface area contributed by atoms with Gasteiger partial charge in [-0.1, -0.05) is 12.1 Å². The molecule has 1 fully saturated rings. The summed E-state index contributed by atoms with van der Waals surface area (Å²) in [6.07, 6.45) is -2.36. The molecule has 1 aliphatic heterocycles. The summed E-state index contributed by atoms with van der Waals surface area (Å²) in [6.45, 7) is 0.744. The number of hydrogen-bond acceptors (Lipinski definition) is 6. The van der Waals surface area contributed by atoms with E-state index in [-0.39, 0.29) is 28.7 Å². The molecule has 2 aromatic carbocycles. The van der Waals surface area contributed by atoms with Crippen LogP contribution in [0.5, 0.6) is 11.5 Å². The van der Waals surface area contributed by atoms with Gasteiger partial charge in [-0.2, -0.15) is 13.2 Å². The minimum absolute atomic E-state index is 0.140. The number of carbonyl (C=O) groups excluding carboxylic acids is 1. The molecule has 39 heavy (non-hydrogen) atoms. The molecule has 0 N–H and O–H groups in total. The summed E-state index contributed by atoms with van der Waals surface area (Å²) in [5.41, 5.74) is 0.675. The van der Waals surface area contributed by atoms with Gasteiger partial charge in [0.05, 0.1) is 4.90 Å². The van der Waals surface area contributed by atoms with Gasteiger partial charge in [0.25, 0.3) is 5.56 Å². The zero-order valence-electron chi connectivity index (χ0n) is 21.1. The van der Waals surface area contributed by atoms with Crippen molar-refractivity contribution in [3.63, 3.8) is 0 Å². The number of likely N-dealkylation sites (tertiary alicyclic amines) is 1. The molecule has 1 saturated heterocycles. The van der Waals surface area contributed by atoms with Crippen LogP contribution in [0.25, 0.3) is 5.69 Å². The maximum absolute atomic E-state index is 12.6. The summed E-state index contributed by atoms with van der Waals surface area (Å²) in [7, 11) is -3.34. The largest absolute Gasteiger partial charge is 0.490 e. The normalized spacial score (nSPS) is 14.7. The molecule has 0 aliphatic carbocycles. The number of pyridine rings is 1. The summed E-state index contributed by atoms with van der Waals surface area (Å²) in [4.78, 5) is 26.8. The van der Waals surface area contributed by atoms with Gasteiger partial charge in [-0.15, -0.1) is 0 Å². The van der Waals surface area contributed by atoms with E-state index >= 15 is 0 Å². The number of halogens is 3. The van der Waals surface area contributed by atoms with Crippen LogP contribution in [0.3, 0.4) is 0 Å². The van der Waals surface area contributed by atoms with E-state index in [4.69, 9.17) is 9.47 Å². The average molecular weight is 565 g/mol. The fourth-order valence-corrected chi connectivity index (χ4v) is 4.76. The highest BCUT2D eigenvalue weighted by molar-refractivity contribution is 7.90. The van der Waals surface area contributed by atoms with E-state index in [2.05, 4.69) is 0 Å². The Morgan fingerprint density at radius 3 is 2.18 bits per heavy atom. The van der Waals surface area contributed by atoms with Gasteiger partial charge in [0.1, 0.15) is 17.6 Å². The molecule has 0 radical (unpaired) electrons. The first kappa shape index (κ1) is 28.2. The molecular formula is C27H27F3N2O6S. The SMILES string of the molecule is CS(=O)(=O)c1ccc(-n2ccc(OC3CCN(C(=O)Oc4ccc(CCC(F)(F)F)cc4)CC3)cc2=O)cc1. The number of amides is 1. The number of piperidine rings is 1. The molecule has 0 unspecified atom stereocenters. The van der Waals surface area contributed by atoms with Crippen molar-refractivity contribution >= 4 is 15.9 Å². The molecular weight excluding hydrogens is 537 g/mol. The van der Waals surface area contributed by atoms with Gasteiger partial charge in [-0.05, 0) is 54.4 Å². The molecule has 1 aromatic heterocycles. The van der Waals surface area contributed by atoms with Crippen molar-refractivity contribution in [3.8, 4) is 17.2 Å². The summed E-state index contributed by atoms with van der Waals surface area (Å²) in [6, 6.07) is 14.9. The molecule has 0 saturated carbocycles. The van der Waals surface area contributed by atoms with Crippen molar-refractivity contribution in [1.82, 2.24) is 9.47 Å². The first-order chi connectivity index (χ1) is 18.4. The number of nitrogens with zero attached hydrogens (tertiary/aromatic N) is 2. The smallest absolute Gasteiger partial charge is 0.415 e. The predicted octanol–water partition coefficient (Wildman–Crippen LogP) is 4.78. The second-order valence-corrected chi connectivity index (χ2v) is 11.3. The predicted molar refractivity (Wildman–Crippen MR) is 137 cm³/mol. The highest BCUT2D eigenvalue weighted by Crippen LogP contribution is 2.24. The van der Waals surface area contributed by atoms with E-state index in [1.807, 2.05) is 0 Å². The van der Waals surface area contributed by atoms with Crippen molar-refractivity contribution < 1.29 is 35.9 Å². The molecule has 0 bridgehead atoms. The lowest BCUT2D eigenvalue weighted by atomic mass is 10.1. The zero-order valence-corrected chi connectivity index (χ0v) is 21.9. The van der Waals surface area contributed by atoms with Crippen LogP contribution in [0.15, 0.2) is 76.6 Å². The van der Waals surface area contributed by atoms with Crippen LogP contribution in [0.1, 0.15) is 24.8 Å². The standard InChI is InChI=1S/C27H27F3N2O6S/c1-39(35,36)24-8-4-20(5-9-24)32-17-13-23(18-25(32)33)37-22-11-15-31(16-12-22)26(34)38-21-6-2-19(3-7-21)10-14-27(28,29)30/h2-9,13,17-18,22H,10-12,14-16H2,1H3. The van der Waals surface area contributed by atoms with E-state index in [0.29, 0.717) is 42.9 Å². The molecule has 3 aromatic rings. The van der Waals surface area contributed by atoms with Gasteiger partial charge < -0.3 is 14.4 Å². The maximum atomic E-state index is 12.6. The lowest BCUT2D eigenvalue weighted by Crippen LogP contribution is -2.43. The summed E-state index contributed by atoms with van der Waals surface area (Å²) < 4.78 is 73.1. The lowest BCUT2D eigenvalue weighted by molar-refractivity contribution is -0.134. The molecule has 208 valence electrons. The van der Waals surface area contributed by atoms with Gasteiger partial charge in [0, 0.05) is 56.6 Å². The Morgan fingerprint density at radius 1 is 0.974 bits per heavy atom. The number of alkyl halides is 3. The fourth-order valence-electron chi connectivity index (χ4n) is 4.13. The minimum Gasteiger partial charge on any atom is -0.490 e. The molecule has 8 nitrogen and oxygen atoms in total. The molecule has 1 aliphatic rings. The lowest BCUT2D eigenvalue weighted by Gasteiger charge is -2.31. The van der Waals surface area contributed by atoms with Crippen LogP contribution in [0.2, 0.25) is 0 Å². The van der Waals surface area contributed by atoms with Crippen LogP contribution < -0.4 is 15.0 Å². The number of aromatic nitrogens is 1.